The lowest BCUT2D eigenvalue weighted by molar-refractivity contribution is 0.318. The van der Waals surface area contributed by atoms with E-state index in [-0.39, 0.29) is 5.84 Å². The zero-order valence-electron chi connectivity index (χ0n) is 11.1. The standard InChI is InChI=1S/C14H14BrN3O2/c1-8-7-12(13(9(2)17-8)14(16)18-19)20-11-5-3-10(15)4-6-11/h3-7,19H,1-2H3,(H2,16,18). The number of nitrogens with two attached hydrogens (primary N) is 1. The minimum Gasteiger partial charge on any atom is -0.456 e. The molecule has 0 aliphatic carbocycles. The van der Waals surface area contributed by atoms with Gasteiger partial charge in [-0.2, -0.15) is 0 Å². The largest absolute Gasteiger partial charge is 0.456 e. The van der Waals surface area contributed by atoms with Crippen LogP contribution < -0.4 is 10.5 Å². The Morgan fingerprint density at radius 3 is 2.55 bits per heavy atom. The molecule has 0 atom stereocenters. The molecular formula is C14H14BrN3O2. The fraction of sp³-hybridized carbons (Fsp3) is 0.143. The summed E-state index contributed by atoms with van der Waals surface area (Å²) in [7, 11) is 0. The predicted molar refractivity (Wildman–Crippen MR) is 80.4 cm³/mol. The highest BCUT2D eigenvalue weighted by Crippen LogP contribution is 2.28. The number of ether oxygens (including phenoxy) is 1. The minimum absolute atomic E-state index is 0.0258. The number of aryl methyl sites for hydroxylation is 2. The van der Waals surface area contributed by atoms with Crippen LogP contribution in [0.2, 0.25) is 0 Å². The van der Waals surface area contributed by atoms with Crippen molar-refractivity contribution in [3.63, 3.8) is 0 Å². The molecular weight excluding hydrogens is 322 g/mol. The van der Waals surface area contributed by atoms with Crippen molar-refractivity contribution in [3.8, 4) is 11.5 Å². The Kier molecular flexibility index (Phi) is 4.24. The van der Waals surface area contributed by atoms with Crippen molar-refractivity contribution in [3.05, 3.63) is 51.8 Å². The van der Waals surface area contributed by atoms with Gasteiger partial charge in [-0.25, -0.2) is 0 Å². The van der Waals surface area contributed by atoms with Crippen LogP contribution in [0.4, 0.5) is 0 Å². The van der Waals surface area contributed by atoms with Crippen molar-refractivity contribution in [1.29, 1.82) is 0 Å². The van der Waals surface area contributed by atoms with Gasteiger partial charge in [0.2, 0.25) is 0 Å². The first-order valence-electron chi connectivity index (χ1n) is 5.91. The number of oxime groups is 1. The fourth-order valence-electron chi connectivity index (χ4n) is 1.86. The molecule has 0 spiro atoms. The van der Waals surface area contributed by atoms with Gasteiger partial charge in [0.15, 0.2) is 5.84 Å². The van der Waals surface area contributed by atoms with E-state index in [2.05, 4.69) is 26.1 Å². The number of hydrogen-bond donors (Lipinski definition) is 2. The summed E-state index contributed by atoms with van der Waals surface area (Å²) >= 11 is 3.37. The SMILES string of the molecule is Cc1cc(Oc2ccc(Br)cc2)c(/C(N)=N/O)c(C)n1. The van der Waals surface area contributed by atoms with Crippen LogP contribution in [0.5, 0.6) is 11.5 Å². The minimum atomic E-state index is -0.0258. The molecule has 1 aromatic carbocycles. The number of hydrogen-bond acceptors (Lipinski definition) is 4. The number of aromatic nitrogens is 1. The van der Waals surface area contributed by atoms with Gasteiger partial charge in [0.25, 0.3) is 0 Å². The Morgan fingerprint density at radius 2 is 1.95 bits per heavy atom. The van der Waals surface area contributed by atoms with Crippen LogP contribution in [0.1, 0.15) is 17.0 Å². The first kappa shape index (κ1) is 14.3. The van der Waals surface area contributed by atoms with E-state index in [1.165, 1.54) is 0 Å². The van der Waals surface area contributed by atoms with Crippen LogP contribution in [0, 0.1) is 13.8 Å². The van der Waals surface area contributed by atoms with Crippen LogP contribution in [-0.4, -0.2) is 16.0 Å². The van der Waals surface area contributed by atoms with Crippen molar-refractivity contribution < 1.29 is 9.94 Å². The maximum atomic E-state index is 8.88. The predicted octanol–water partition coefficient (Wildman–Crippen LogP) is 3.35. The molecule has 0 aliphatic rings. The Labute approximate surface area is 125 Å². The number of rotatable bonds is 3. The molecule has 0 saturated heterocycles. The van der Waals surface area contributed by atoms with E-state index in [9.17, 15) is 0 Å². The van der Waals surface area contributed by atoms with Crippen molar-refractivity contribution in [2.45, 2.75) is 13.8 Å². The van der Waals surface area contributed by atoms with Crippen LogP contribution in [0.3, 0.4) is 0 Å². The van der Waals surface area contributed by atoms with E-state index in [4.69, 9.17) is 15.7 Å². The zero-order valence-corrected chi connectivity index (χ0v) is 12.7. The molecule has 6 heteroatoms. The monoisotopic (exact) mass is 335 g/mol. The number of benzene rings is 1. The van der Waals surface area contributed by atoms with Gasteiger partial charge in [-0.3, -0.25) is 4.98 Å². The molecule has 0 aliphatic heterocycles. The molecule has 1 aromatic heterocycles. The fourth-order valence-corrected chi connectivity index (χ4v) is 2.13. The van der Waals surface area contributed by atoms with Gasteiger partial charge in [-0.05, 0) is 38.1 Å². The Morgan fingerprint density at radius 1 is 1.30 bits per heavy atom. The summed E-state index contributed by atoms with van der Waals surface area (Å²) in [4.78, 5) is 4.30. The summed E-state index contributed by atoms with van der Waals surface area (Å²) in [6, 6.07) is 9.15. The number of nitrogens with zero attached hydrogens (tertiary/aromatic N) is 2. The lowest BCUT2D eigenvalue weighted by Gasteiger charge is -2.13. The van der Waals surface area contributed by atoms with E-state index < -0.39 is 0 Å². The van der Waals surface area contributed by atoms with Crippen molar-refractivity contribution in [2.75, 3.05) is 0 Å². The van der Waals surface area contributed by atoms with Crippen LogP contribution in [-0.2, 0) is 0 Å². The van der Waals surface area contributed by atoms with Gasteiger partial charge < -0.3 is 15.7 Å². The summed E-state index contributed by atoms with van der Waals surface area (Å²) < 4.78 is 6.78. The second kappa shape index (κ2) is 5.92. The molecule has 5 nitrogen and oxygen atoms in total. The summed E-state index contributed by atoms with van der Waals surface area (Å²) in [5.74, 6) is 1.14. The Bertz CT molecular complexity index is 654. The molecule has 0 radical (unpaired) electrons. The van der Waals surface area contributed by atoms with E-state index in [0.29, 0.717) is 22.8 Å². The molecule has 0 amide bonds. The molecule has 2 aromatic rings. The van der Waals surface area contributed by atoms with Crippen LogP contribution in [0.25, 0.3) is 0 Å². The first-order valence-corrected chi connectivity index (χ1v) is 6.70. The van der Waals surface area contributed by atoms with Crippen LogP contribution in [0.15, 0.2) is 40.0 Å². The normalized spacial score (nSPS) is 11.4. The summed E-state index contributed by atoms with van der Waals surface area (Å²) in [5.41, 5.74) is 7.62. The highest BCUT2D eigenvalue weighted by molar-refractivity contribution is 9.10. The molecule has 20 heavy (non-hydrogen) atoms. The van der Waals surface area contributed by atoms with Gasteiger partial charge >= 0.3 is 0 Å². The molecule has 104 valence electrons. The second-order valence-corrected chi connectivity index (χ2v) is 5.18. The maximum Gasteiger partial charge on any atom is 0.175 e. The third kappa shape index (κ3) is 3.08. The third-order valence-electron chi connectivity index (χ3n) is 2.70. The highest BCUT2D eigenvalue weighted by atomic mass is 79.9. The second-order valence-electron chi connectivity index (χ2n) is 4.26. The molecule has 0 unspecified atom stereocenters. The van der Waals surface area contributed by atoms with Crippen molar-refractivity contribution in [2.24, 2.45) is 10.9 Å². The molecule has 2 rings (SSSR count). The molecule has 0 saturated carbocycles. The summed E-state index contributed by atoms with van der Waals surface area (Å²) in [5, 5.41) is 11.9. The number of amidine groups is 1. The summed E-state index contributed by atoms with van der Waals surface area (Å²) in [6.45, 7) is 3.65. The number of halogens is 1. The first-order chi connectivity index (χ1) is 9.51. The van der Waals surface area contributed by atoms with E-state index >= 15 is 0 Å². The zero-order chi connectivity index (χ0) is 14.7. The van der Waals surface area contributed by atoms with E-state index in [1.807, 2.05) is 31.2 Å². The van der Waals surface area contributed by atoms with Crippen LogP contribution >= 0.6 is 15.9 Å². The highest BCUT2D eigenvalue weighted by Gasteiger charge is 2.15. The van der Waals surface area contributed by atoms with Crippen molar-refractivity contribution >= 4 is 21.8 Å². The van der Waals surface area contributed by atoms with Gasteiger partial charge in [0.1, 0.15) is 11.5 Å². The average Bonchev–Trinajstić information content (AvgIpc) is 2.40. The number of pyridine rings is 1. The van der Waals surface area contributed by atoms with Crippen molar-refractivity contribution in [1.82, 2.24) is 4.98 Å². The lowest BCUT2D eigenvalue weighted by atomic mass is 10.1. The lowest BCUT2D eigenvalue weighted by Crippen LogP contribution is -2.17. The average molecular weight is 336 g/mol. The van der Waals surface area contributed by atoms with E-state index in [0.717, 1.165) is 10.2 Å². The smallest absolute Gasteiger partial charge is 0.175 e. The maximum absolute atomic E-state index is 8.88. The Hall–Kier alpha value is -2.08. The van der Waals surface area contributed by atoms with E-state index in [1.54, 1.807) is 13.0 Å². The molecule has 3 N–H and O–H groups in total. The Balaban J connectivity index is 2.47. The summed E-state index contributed by atoms with van der Waals surface area (Å²) in [6.07, 6.45) is 0. The van der Waals surface area contributed by atoms with Gasteiger partial charge in [0, 0.05) is 16.2 Å². The van der Waals surface area contributed by atoms with Gasteiger partial charge in [0.05, 0.1) is 11.3 Å². The molecule has 0 bridgehead atoms. The molecule has 1 heterocycles. The van der Waals surface area contributed by atoms with Gasteiger partial charge in [-0.15, -0.1) is 0 Å². The quantitative estimate of drug-likeness (QED) is 0.390. The van der Waals surface area contributed by atoms with Gasteiger partial charge in [-0.1, -0.05) is 21.1 Å². The molecule has 0 fully saturated rings. The third-order valence-corrected chi connectivity index (χ3v) is 3.23. The topological polar surface area (TPSA) is 80.7 Å².